The van der Waals surface area contributed by atoms with Crippen LogP contribution in [-0.2, 0) is 0 Å². The van der Waals surface area contributed by atoms with Crippen LogP contribution in [0.1, 0.15) is 38.9 Å². The first-order valence-corrected chi connectivity index (χ1v) is 10.7. The summed E-state index contributed by atoms with van der Waals surface area (Å²) in [4.78, 5) is 0. The van der Waals surface area contributed by atoms with Crippen molar-refractivity contribution in [3.63, 3.8) is 0 Å². The van der Waals surface area contributed by atoms with E-state index >= 15 is 0 Å². The van der Waals surface area contributed by atoms with E-state index < -0.39 is 0 Å². The SMILES string of the molecule is Cc1ccc2cc3c(c(C)c2c1C)-c1c(C)c(C)c(C)c(C)c1Oc1ccccc1-3. The Morgan fingerprint density at radius 1 is 0.567 bits per heavy atom. The van der Waals surface area contributed by atoms with Crippen LogP contribution in [0.3, 0.4) is 0 Å². The van der Waals surface area contributed by atoms with E-state index in [1.807, 2.05) is 0 Å². The summed E-state index contributed by atoms with van der Waals surface area (Å²) >= 11 is 0. The van der Waals surface area contributed by atoms with Crippen molar-refractivity contribution in [2.24, 2.45) is 0 Å². The van der Waals surface area contributed by atoms with Crippen LogP contribution in [0.2, 0.25) is 0 Å². The van der Waals surface area contributed by atoms with Crippen LogP contribution in [0, 0.1) is 48.5 Å². The quantitative estimate of drug-likeness (QED) is 0.257. The Hall–Kier alpha value is -3.06. The molecule has 0 aromatic heterocycles. The maximum atomic E-state index is 6.67. The van der Waals surface area contributed by atoms with Gasteiger partial charge in [-0.05, 0) is 121 Å². The largest absolute Gasteiger partial charge is 0.456 e. The molecule has 150 valence electrons. The van der Waals surface area contributed by atoms with Crippen LogP contribution in [0.5, 0.6) is 11.5 Å². The highest BCUT2D eigenvalue weighted by Crippen LogP contribution is 2.53. The molecule has 1 nitrogen and oxygen atoms in total. The third kappa shape index (κ3) is 2.41. The Balaban J connectivity index is 2.07. The summed E-state index contributed by atoms with van der Waals surface area (Å²) in [5.41, 5.74) is 14.3. The highest BCUT2D eigenvalue weighted by Gasteiger charge is 2.28. The molecule has 0 fully saturated rings. The van der Waals surface area contributed by atoms with E-state index in [9.17, 15) is 0 Å². The summed E-state index contributed by atoms with van der Waals surface area (Å²) in [7, 11) is 0. The average Bonchev–Trinajstić information content (AvgIpc) is 2.88. The topological polar surface area (TPSA) is 9.23 Å². The standard InChI is InChI=1S/C29H28O/c1-15-12-13-22-14-24-23-10-8-9-11-25(23)30-29-20(6)18(4)17(3)19(5)28(29)27(24)21(7)26(22)16(15)2/h8-14H,1-7H3. The summed E-state index contributed by atoms with van der Waals surface area (Å²) in [6, 6.07) is 15.3. The molecule has 0 atom stereocenters. The van der Waals surface area contributed by atoms with E-state index in [1.165, 1.54) is 72.0 Å². The molecule has 0 bridgehead atoms. The Labute approximate surface area is 179 Å². The smallest absolute Gasteiger partial charge is 0.138 e. The lowest BCUT2D eigenvalue weighted by atomic mass is 9.82. The normalized spacial score (nSPS) is 12.1. The van der Waals surface area contributed by atoms with Crippen molar-refractivity contribution in [2.75, 3.05) is 0 Å². The molecule has 30 heavy (non-hydrogen) atoms. The fraction of sp³-hybridized carbons (Fsp3) is 0.241. The molecule has 5 rings (SSSR count). The number of benzene rings is 4. The number of hydrogen-bond acceptors (Lipinski definition) is 1. The van der Waals surface area contributed by atoms with E-state index in [1.54, 1.807) is 0 Å². The van der Waals surface area contributed by atoms with Crippen LogP contribution in [-0.4, -0.2) is 0 Å². The molecule has 1 aliphatic rings. The first-order valence-electron chi connectivity index (χ1n) is 10.7. The molecule has 0 radical (unpaired) electrons. The fourth-order valence-corrected chi connectivity index (χ4v) is 5.14. The first kappa shape index (κ1) is 18.9. The Bertz CT molecular complexity index is 1370. The van der Waals surface area contributed by atoms with Crippen molar-refractivity contribution >= 4 is 10.8 Å². The van der Waals surface area contributed by atoms with Gasteiger partial charge in [0.15, 0.2) is 0 Å². The van der Waals surface area contributed by atoms with Gasteiger partial charge in [0.05, 0.1) is 0 Å². The van der Waals surface area contributed by atoms with Crippen molar-refractivity contribution < 1.29 is 4.74 Å². The van der Waals surface area contributed by atoms with Gasteiger partial charge in [-0.15, -0.1) is 0 Å². The minimum atomic E-state index is 0.936. The zero-order valence-corrected chi connectivity index (χ0v) is 18.9. The van der Waals surface area contributed by atoms with Crippen molar-refractivity contribution in [2.45, 2.75) is 48.5 Å². The summed E-state index contributed by atoms with van der Waals surface area (Å²) < 4.78 is 6.67. The Morgan fingerprint density at radius 2 is 1.27 bits per heavy atom. The predicted molar refractivity (Wildman–Crippen MR) is 128 cm³/mol. The Kier molecular flexibility index (Phi) is 4.08. The third-order valence-corrected chi connectivity index (χ3v) is 7.36. The predicted octanol–water partition coefficient (Wildman–Crippen LogP) is 8.44. The molecule has 1 aliphatic heterocycles. The van der Waals surface area contributed by atoms with Gasteiger partial charge in [-0.25, -0.2) is 0 Å². The number of para-hydroxylation sites is 1. The summed E-state index contributed by atoms with van der Waals surface area (Å²) in [6.45, 7) is 15.6. The summed E-state index contributed by atoms with van der Waals surface area (Å²) in [5.74, 6) is 1.94. The zero-order chi connectivity index (χ0) is 21.3. The minimum absolute atomic E-state index is 0.936. The number of fused-ring (bicyclic) bond motifs is 6. The molecular formula is C29H28O. The molecule has 0 unspecified atom stereocenters. The van der Waals surface area contributed by atoms with Gasteiger partial charge in [-0.2, -0.15) is 0 Å². The molecule has 0 saturated carbocycles. The number of ether oxygens (including phenoxy) is 1. The van der Waals surface area contributed by atoms with Gasteiger partial charge in [0.2, 0.25) is 0 Å². The number of aryl methyl sites for hydroxylation is 3. The van der Waals surface area contributed by atoms with Crippen molar-refractivity contribution in [1.82, 2.24) is 0 Å². The molecule has 0 saturated heterocycles. The molecule has 0 aliphatic carbocycles. The van der Waals surface area contributed by atoms with Gasteiger partial charge in [-0.3, -0.25) is 0 Å². The monoisotopic (exact) mass is 392 g/mol. The second-order valence-electron chi connectivity index (χ2n) is 8.83. The van der Waals surface area contributed by atoms with Gasteiger partial charge in [-0.1, -0.05) is 30.3 Å². The van der Waals surface area contributed by atoms with E-state index in [2.05, 4.69) is 90.9 Å². The van der Waals surface area contributed by atoms with Crippen LogP contribution in [0.25, 0.3) is 33.0 Å². The van der Waals surface area contributed by atoms with Crippen molar-refractivity contribution in [3.05, 3.63) is 81.4 Å². The van der Waals surface area contributed by atoms with Gasteiger partial charge in [0.1, 0.15) is 11.5 Å². The second kappa shape index (κ2) is 6.47. The van der Waals surface area contributed by atoms with Crippen LogP contribution in [0.15, 0.2) is 42.5 Å². The summed E-state index contributed by atoms with van der Waals surface area (Å²) in [5, 5.41) is 2.67. The highest BCUT2D eigenvalue weighted by atomic mass is 16.5. The van der Waals surface area contributed by atoms with Gasteiger partial charge < -0.3 is 4.74 Å². The van der Waals surface area contributed by atoms with Gasteiger partial charge in [0, 0.05) is 11.1 Å². The van der Waals surface area contributed by atoms with Crippen LogP contribution in [0.4, 0.5) is 0 Å². The molecule has 0 N–H and O–H groups in total. The molecule has 0 amide bonds. The zero-order valence-electron chi connectivity index (χ0n) is 18.9. The second-order valence-corrected chi connectivity index (χ2v) is 8.83. The molecule has 1 heteroatoms. The molecular weight excluding hydrogens is 364 g/mol. The Morgan fingerprint density at radius 3 is 2.03 bits per heavy atom. The fourth-order valence-electron chi connectivity index (χ4n) is 5.14. The molecule has 4 aromatic carbocycles. The van der Waals surface area contributed by atoms with E-state index in [0.717, 1.165) is 11.5 Å². The maximum absolute atomic E-state index is 6.67. The third-order valence-electron chi connectivity index (χ3n) is 7.36. The maximum Gasteiger partial charge on any atom is 0.138 e. The minimum Gasteiger partial charge on any atom is -0.456 e. The highest BCUT2D eigenvalue weighted by molar-refractivity contribution is 6.05. The van der Waals surface area contributed by atoms with Crippen LogP contribution < -0.4 is 4.74 Å². The number of hydrogen-bond donors (Lipinski definition) is 0. The first-order chi connectivity index (χ1) is 14.3. The lowest BCUT2D eigenvalue weighted by Gasteiger charge is -2.22. The number of rotatable bonds is 0. The lowest BCUT2D eigenvalue weighted by Crippen LogP contribution is -2.01. The van der Waals surface area contributed by atoms with Crippen LogP contribution >= 0.6 is 0 Å². The van der Waals surface area contributed by atoms with Crippen molar-refractivity contribution in [3.8, 4) is 33.8 Å². The molecule has 1 heterocycles. The average molecular weight is 393 g/mol. The lowest BCUT2D eigenvalue weighted by molar-refractivity contribution is 0.483. The van der Waals surface area contributed by atoms with Gasteiger partial charge >= 0.3 is 0 Å². The van der Waals surface area contributed by atoms with Crippen molar-refractivity contribution in [1.29, 1.82) is 0 Å². The summed E-state index contributed by atoms with van der Waals surface area (Å²) in [6.07, 6.45) is 0. The van der Waals surface area contributed by atoms with E-state index in [-0.39, 0.29) is 0 Å². The van der Waals surface area contributed by atoms with Gasteiger partial charge in [0.25, 0.3) is 0 Å². The molecule has 4 aromatic rings. The van der Waals surface area contributed by atoms with E-state index in [0.29, 0.717) is 0 Å². The molecule has 0 spiro atoms. The van der Waals surface area contributed by atoms with E-state index in [4.69, 9.17) is 4.74 Å².